The summed E-state index contributed by atoms with van der Waals surface area (Å²) in [6.07, 6.45) is 1.05. The van der Waals surface area contributed by atoms with Gasteiger partial charge in [0.05, 0.1) is 0 Å². The number of benzene rings is 2. The summed E-state index contributed by atoms with van der Waals surface area (Å²) in [6.45, 7) is 4.36. The third-order valence-electron chi connectivity index (χ3n) is 3.43. The fourth-order valence-corrected chi connectivity index (χ4v) is 2.65. The first-order valence-electron chi connectivity index (χ1n) is 6.77. The van der Waals surface area contributed by atoms with Crippen LogP contribution in [0.3, 0.4) is 0 Å². The van der Waals surface area contributed by atoms with E-state index in [0.717, 1.165) is 17.0 Å². The number of hydrogen-bond acceptors (Lipinski definition) is 1. The van der Waals surface area contributed by atoms with Gasteiger partial charge >= 0.3 is 0 Å². The zero-order valence-electron chi connectivity index (χ0n) is 11.4. The molecule has 0 fully saturated rings. The van der Waals surface area contributed by atoms with Crippen molar-refractivity contribution < 1.29 is 0 Å². The van der Waals surface area contributed by atoms with E-state index in [2.05, 4.69) is 49.5 Å². The quantitative estimate of drug-likeness (QED) is 0.795. The minimum absolute atomic E-state index is 0.235. The largest absolute Gasteiger partial charge is 0.303 e. The van der Waals surface area contributed by atoms with E-state index in [1.165, 1.54) is 5.56 Å². The van der Waals surface area contributed by atoms with Crippen LogP contribution in [0.15, 0.2) is 54.6 Å². The number of hydrogen-bond donors (Lipinski definition) is 1. The molecule has 0 aliphatic rings. The van der Waals surface area contributed by atoms with E-state index < -0.39 is 0 Å². The normalized spacial score (nSPS) is 14.1. The van der Waals surface area contributed by atoms with Crippen LogP contribution in [0.5, 0.6) is 0 Å². The standard InChI is InChI=1S/C17H20ClN/c1-3-17(14-9-5-4-6-10-14)19-13(2)15-11-7-8-12-16(15)18/h4-13,17,19H,3H2,1-2H3/t13-,17?/m0/s1. The number of halogens is 1. The SMILES string of the molecule is CCC(N[C@@H](C)c1ccccc1Cl)c1ccccc1. The van der Waals surface area contributed by atoms with E-state index in [9.17, 15) is 0 Å². The van der Waals surface area contributed by atoms with Gasteiger partial charge in [0.1, 0.15) is 0 Å². The van der Waals surface area contributed by atoms with E-state index in [1.54, 1.807) is 0 Å². The molecule has 2 heteroatoms. The third kappa shape index (κ3) is 3.59. The molecule has 2 aromatic carbocycles. The Hall–Kier alpha value is -1.31. The Bertz CT molecular complexity index is 510. The second kappa shape index (κ2) is 6.74. The molecule has 0 spiro atoms. The Morgan fingerprint density at radius 3 is 2.26 bits per heavy atom. The van der Waals surface area contributed by atoms with Crippen LogP contribution in [0, 0.1) is 0 Å². The summed E-state index contributed by atoms with van der Waals surface area (Å²) in [7, 11) is 0. The lowest BCUT2D eigenvalue weighted by Crippen LogP contribution is -2.24. The van der Waals surface area contributed by atoms with Gasteiger partial charge in [-0.3, -0.25) is 0 Å². The van der Waals surface area contributed by atoms with Crippen molar-refractivity contribution in [2.75, 3.05) is 0 Å². The van der Waals surface area contributed by atoms with Gasteiger partial charge in [-0.2, -0.15) is 0 Å². The highest BCUT2D eigenvalue weighted by molar-refractivity contribution is 6.31. The molecule has 0 aliphatic carbocycles. The van der Waals surface area contributed by atoms with Gasteiger partial charge in [-0.1, -0.05) is 67.1 Å². The topological polar surface area (TPSA) is 12.0 Å². The highest BCUT2D eigenvalue weighted by Gasteiger charge is 2.15. The predicted molar refractivity (Wildman–Crippen MR) is 82.5 cm³/mol. The molecular formula is C17H20ClN. The van der Waals surface area contributed by atoms with Crippen LogP contribution >= 0.6 is 11.6 Å². The van der Waals surface area contributed by atoms with Crippen LogP contribution in [-0.2, 0) is 0 Å². The van der Waals surface area contributed by atoms with Crippen molar-refractivity contribution in [1.82, 2.24) is 5.32 Å². The monoisotopic (exact) mass is 273 g/mol. The highest BCUT2D eigenvalue weighted by Crippen LogP contribution is 2.26. The summed E-state index contributed by atoms with van der Waals surface area (Å²) in [5.74, 6) is 0. The Kier molecular flexibility index (Phi) is 5.00. The van der Waals surface area contributed by atoms with Crippen molar-refractivity contribution in [3.05, 3.63) is 70.7 Å². The molecule has 1 unspecified atom stereocenters. The van der Waals surface area contributed by atoms with Crippen molar-refractivity contribution in [2.45, 2.75) is 32.4 Å². The summed E-state index contributed by atoms with van der Waals surface area (Å²) in [6, 6.07) is 19.2. The Balaban J connectivity index is 2.13. The lowest BCUT2D eigenvalue weighted by atomic mass is 10.0. The molecule has 0 saturated carbocycles. The molecule has 0 aliphatic heterocycles. The number of nitrogens with one attached hydrogen (secondary N) is 1. The predicted octanol–water partition coefficient (Wildman–Crippen LogP) is 5.14. The summed E-state index contributed by atoms with van der Waals surface area (Å²) in [4.78, 5) is 0. The average Bonchev–Trinajstić information content (AvgIpc) is 2.46. The van der Waals surface area contributed by atoms with E-state index in [-0.39, 0.29) is 6.04 Å². The summed E-state index contributed by atoms with van der Waals surface area (Å²) in [5, 5.41) is 4.48. The Morgan fingerprint density at radius 2 is 1.63 bits per heavy atom. The molecular weight excluding hydrogens is 254 g/mol. The first kappa shape index (κ1) is 14.1. The third-order valence-corrected chi connectivity index (χ3v) is 3.78. The Labute approximate surface area is 120 Å². The first-order valence-corrected chi connectivity index (χ1v) is 7.15. The molecule has 0 heterocycles. The van der Waals surface area contributed by atoms with Crippen molar-refractivity contribution >= 4 is 11.6 Å². The van der Waals surface area contributed by atoms with Gasteiger partial charge in [0.15, 0.2) is 0 Å². The van der Waals surface area contributed by atoms with Crippen LogP contribution in [0.2, 0.25) is 5.02 Å². The van der Waals surface area contributed by atoms with Gasteiger partial charge in [-0.15, -0.1) is 0 Å². The molecule has 0 aromatic heterocycles. The van der Waals surface area contributed by atoms with Crippen molar-refractivity contribution in [2.24, 2.45) is 0 Å². The maximum absolute atomic E-state index is 6.25. The van der Waals surface area contributed by atoms with Crippen LogP contribution in [0.25, 0.3) is 0 Å². The van der Waals surface area contributed by atoms with Crippen LogP contribution in [0.4, 0.5) is 0 Å². The maximum Gasteiger partial charge on any atom is 0.0453 e. The molecule has 2 aromatic rings. The second-order valence-electron chi connectivity index (χ2n) is 4.78. The zero-order chi connectivity index (χ0) is 13.7. The van der Waals surface area contributed by atoms with Gasteiger partial charge in [-0.25, -0.2) is 0 Å². The molecule has 100 valence electrons. The fraction of sp³-hybridized carbons (Fsp3) is 0.294. The van der Waals surface area contributed by atoms with E-state index in [1.807, 2.05) is 24.3 Å². The summed E-state index contributed by atoms with van der Waals surface area (Å²) >= 11 is 6.25. The van der Waals surface area contributed by atoms with Gasteiger partial charge < -0.3 is 5.32 Å². The first-order chi connectivity index (χ1) is 9.22. The van der Waals surface area contributed by atoms with Gasteiger partial charge in [0.2, 0.25) is 0 Å². The Morgan fingerprint density at radius 1 is 1.00 bits per heavy atom. The van der Waals surface area contributed by atoms with Gasteiger partial charge in [0, 0.05) is 17.1 Å². The smallest absolute Gasteiger partial charge is 0.0453 e. The van der Waals surface area contributed by atoms with Crippen LogP contribution in [-0.4, -0.2) is 0 Å². The molecule has 2 atom stereocenters. The van der Waals surface area contributed by atoms with E-state index in [0.29, 0.717) is 6.04 Å². The molecule has 1 nitrogen and oxygen atoms in total. The van der Waals surface area contributed by atoms with Crippen molar-refractivity contribution in [3.8, 4) is 0 Å². The lowest BCUT2D eigenvalue weighted by Gasteiger charge is -2.23. The van der Waals surface area contributed by atoms with Gasteiger partial charge in [0.25, 0.3) is 0 Å². The molecule has 0 radical (unpaired) electrons. The lowest BCUT2D eigenvalue weighted by molar-refractivity contribution is 0.456. The van der Waals surface area contributed by atoms with Gasteiger partial charge in [-0.05, 0) is 30.5 Å². The minimum atomic E-state index is 0.235. The van der Waals surface area contributed by atoms with Crippen LogP contribution < -0.4 is 5.32 Å². The molecule has 0 bridgehead atoms. The zero-order valence-corrected chi connectivity index (χ0v) is 12.2. The van der Waals surface area contributed by atoms with Crippen molar-refractivity contribution in [3.63, 3.8) is 0 Å². The fourth-order valence-electron chi connectivity index (χ4n) is 2.35. The van der Waals surface area contributed by atoms with E-state index in [4.69, 9.17) is 11.6 Å². The van der Waals surface area contributed by atoms with Crippen LogP contribution in [0.1, 0.15) is 43.5 Å². The second-order valence-corrected chi connectivity index (χ2v) is 5.19. The molecule has 2 rings (SSSR count). The highest BCUT2D eigenvalue weighted by atomic mass is 35.5. The molecule has 19 heavy (non-hydrogen) atoms. The number of rotatable bonds is 5. The molecule has 1 N–H and O–H groups in total. The summed E-state index contributed by atoms with van der Waals surface area (Å²) < 4.78 is 0. The molecule has 0 saturated heterocycles. The molecule has 0 amide bonds. The average molecular weight is 274 g/mol. The van der Waals surface area contributed by atoms with E-state index >= 15 is 0 Å². The summed E-state index contributed by atoms with van der Waals surface area (Å²) in [5.41, 5.74) is 2.47. The van der Waals surface area contributed by atoms with Crippen molar-refractivity contribution in [1.29, 1.82) is 0 Å². The maximum atomic E-state index is 6.25. The minimum Gasteiger partial charge on any atom is -0.303 e.